The molecular formula is C27H38O3. The summed E-state index contributed by atoms with van der Waals surface area (Å²) in [6.45, 7) is 6.61. The van der Waals surface area contributed by atoms with E-state index in [1.807, 2.05) is 6.07 Å². The van der Waals surface area contributed by atoms with Crippen LogP contribution >= 0.6 is 0 Å². The molecule has 3 nitrogen and oxygen atoms in total. The maximum atomic E-state index is 11.3. The van der Waals surface area contributed by atoms with E-state index in [0.717, 1.165) is 50.5 Å². The number of unbranched alkanes of at least 4 members (excludes halogenated alkanes) is 5. The topological polar surface area (TPSA) is 46.5 Å². The number of rotatable bonds is 13. The lowest BCUT2D eigenvalue weighted by Crippen LogP contribution is -2.09. The van der Waals surface area contributed by atoms with Gasteiger partial charge in [-0.15, -0.1) is 0 Å². The average molecular weight is 411 g/mol. The highest BCUT2D eigenvalue weighted by molar-refractivity contribution is 5.74. The second-order valence-corrected chi connectivity index (χ2v) is 8.11. The van der Waals surface area contributed by atoms with Crippen LogP contribution in [0.15, 0.2) is 36.4 Å². The van der Waals surface area contributed by atoms with Gasteiger partial charge in [0, 0.05) is 0 Å². The van der Waals surface area contributed by atoms with Crippen LogP contribution in [0.5, 0.6) is 5.75 Å². The fourth-order valence-corrected chi connectivity index (χ4v) is 4.12. The molecule has 0 unspecified atom stereocenters. The molecule has 2 aromatic rings. The molecule has 0 fully saturated rings. The van der Waals surface area contributed by atoms with E-state index in [-0.39, 0.29) is 0 Å². The number of ether oxygens (including phenoxy) is 1. The molecule has 0 radical (unpaired) electrons. The fourth-order valence-electron chi connectivity index (χ4n) is 4.12. The van der Waals surface area contributed by atoms with Gasteiger partial charge in [-0.25, -0.2) is 4.79 Å². The van der Waals surface area contributed by atoms with Gasteiger partial charge in [0.25, 0.3) is 0 Å². The minimum Gasteiger partial charge on any atom is -0.449 e. The molecule has 2 rings (SSSR count). The number of carbonyl (C=O) groups is 1. The molecule has 0 spiro atoms. The van der Waals surface area contributed by atoms with Crippen molar-refractivity contribution in [2.24, 2.45) is 0 Å². The van der Waals surface area contributed by atoms with Gasteiger partial charge in [0.05, 0.1) is 0 Å². The van der Waals surface area contributed by atoms with E-state index >= 15 is 0 Å². The van der Waals surface area contributed by atoms with E-state index in [9.17, 15) is 9.90 Å². The molecule has 0 aliphatic heterocycles. The van der Waals surface area contributed by atoms with Gasteiger partial charge in [-0.1, -0.05) is 83.2 Å². The van der Waals surface area contributed by atoms with Gasteiger partial charge >= 0.3 is 6.16 Å². The van der Waals surface area contributed by atoms with Crippen LogP contribution in [0.3, 0.4) is 0 Å². The number of benzene rings is 2. The third kappa shape index (κ3) is 6.90. The molecule has 0 aromatic heterocycles. The average Bonchev–Trinajstić information content (AvgIpc) is 2.74. The van der Waals surface area contributed by atoms with E-state index in [0.29, 0.717) is 5.75 Å². The highest BCUT2D eigenvalue weighted by Crippen LogP contribution is 2.36. The molecule has 1 N–H and O–H groups in total. The maximum Gasteiger partial charge on any atom is 0.511 e. The quantitative estimate of drug-likeness (QED) is 0.205. The third-order valence-electron chi connectivity index (χ3n) is 5.75. The van der Waals surface area contributed by atoms with Crippen molar-refractivity contribution in [1.82, 2.24) is 0 Å². The van der Waals surface area contributed by atoms with Crippen molar-refractivity contribution in [2.45, 2.75) is 91.4 Å². The van der Waals surface area contributed by atoms with E-state index in [1.165, 1.54) is 47.9 Å². The second-order valence-electron chi connectivity index (χ2n) is 8.11. The summed E-state index contributed by atoms with van der Waals surface area (Å²) in [7, 11) is 0. The molecule has 0 bridgehead atoms. The predicted molar refractivity (Wildman–Crippen MR) is 126 cm³/mol. The van der Waals surface area contributed by atoms with Crippen molar-refractivity contribution in [1.29, 1.82) is 0 Å². The zero-order chi connectivity index (χ0) is 21.8. The molecule has 0 amide bonds. The molecule has 3 heteroatoms. The Balaban J connectivity index is 2.51. The van der Waals surface area contributed by atoms with Crippen molar-refractivity contribution in [2.75, 3.05) is 0 Å². The zero-order valence-electron chi connectivity index (χ0n) is 19.0. The molecule has 0 aliphatic rings. The summed E-state index contributed by atoms with van der Waals surface area (Å²) in [6, 6.07) is 12.6. The highest BCUT2D eigenvalue weighted by Gasteiger charge is 2.18. The normalized spacial score (nSPS) is 10.9. The van der Waals surface area contributed by atoms with E-state index in [2.05, 4.69) is 51.1 Å². The number of hydrogen-bond donors (Lipinski definition) is 1. The summed E-state index contributed by atoms with van der Waals surface area (Å²) in [5.74, 6) is 0.506. The lowest BCUT2D eigenvalue weighted by molar-refractivity contribution is 0.144. The Morgan fingerprint density at radius 1 is 0.733 bits per heavy atom. The van der Waals surface area contributed by atoms with Crippen molar-refractivity contribution < 1.29 is 14.6 Å². The molecule has 0 aliphatic carbocycles. The Kier molecular flexibility index (Phi) is 10.5. The van der Waals surface area contributed by atoms with E-state index < -0.39 is 6.16 Å². The van der Waals surface area contributed by atoms with Gasteiger partial charge in [0.1, 0.15) is 5.75 Å². The number of carboxylic acid groups (broad SMARTS) is 1. The zero-order valence-corrected chi connectivity index (χ0v) is 19.0. The first-order valence-corrected chi connectivity index (χ1v) is 11.8. The Morgan fingerprint density at radius 2 is 1.40 bits per heavy atom. The Labute approximate surface area is 182 Å². The van der Waals surface area contributed by atoms with Crippen LogP contribution in [0.25, 0.3) is 11.1 Å². The molecule has 0 atom stereocenters. The summed E-state index contributed by atoms with van der Waals surface area (Å²) in [6.07, 6.45) is 10.9. The first-order valence-electron chi connectivity index (χ1n) is 11.8. The van der Waals surface area contributed by atoms with Crippen molar-refractivity contribution in [3.05, 3.63) is 53.1 Å². The van der Waals surface area contributed by atoms with Crippen LogP contribution in [-0.4, -0.2) is 11.3 Å². The summed E-state index contributed by atoms with van der Waals surface area (Å²) in [4.78, 5) is 11.3. The largest absolute Gasteiger partial charge is 0.511 e. The third-order valence-corrected chi connectivity index (χ3v) is 5.75. The van der Waals surface area contributed by atoms with Crippen LogP contribution in [-0.2, 0) is 19.3 Å². The standard InChI is InChI=1S/C27H38O3/c1-4-7-10-11-14-21-15-12-13-18-22(21)24-19-20-26(30-27(28)29)25(17-9-6-3)23(24)16-8-5-2/h12-13,15,18-20H,4-11,14,16-17H2,1-3H3,(H,28,29). The molecule has 2 aromatic carbocycles. The molecular weight excluding hydrogens is 372 g/mol. The first-order chi connectivity index (χ1) is 14.6. The van der Waals surface area contributed by atoms with Gasteiger partial charge in [-0.3, -0.25) is 0 Å². The lowest BCUT2D eigenvalue weighted by Gasteiger charge is -2.20. The van der Waals surface area contributed by atoms with Gasteiger partial charge in [0.15, 0.2) is 0 Å². The smallest absolute Gasteiger partial charge is 0.449 e. The number of aryl methyl sites for hydroxylation is 1. The molecule has 164 valence electrons. The minimum atomic E-state index is -1.24. The predicted octanol–water partition coefficient (Wildman–Crippen LogP) is 8.22. The summed E-state index contributed by atoms with van der Waals surface area (Å²) < 4.78 is 5.19. The Hall–Kier alpha value is -2.29. The van der Waals surface area contributed by atoms with Crippen LogP contribution < -0.4 is 4.74 Å². The van der Waals surface area contributed by atoms with E-state index in [4.69, 9.17) is 4.74 Å². The molecule has 30 heavy (non-hydrogen) atoms. The van der Waals surface area contributed by atoms with Crippen LogP contribution in [0.4, 0.5) is 4.79 Å². The minimum absolute atomic E-state index is 0.506. The molecule has 0 saturated carbocycles. The first kappa shape index (κ1) is 24.0. The maximum absolute atomic E-state index is 11.3. The Bertz CT molecular complexity index is 795. The fraction of sp³-hybridized carbons (Fsp3) is 0.519. The molecule has 0 heterocycles. The van der Waals surface area contributed by atoms with Gasteiger partial charge in [-0.2, -0.15) is 0 Å². The van der Waals surface area contributed by atoms with Crippen LogP contribution in [0, 0.1) is 0 Å². The van der Waals surface area contributed by atoms with Crippen LogP contribution in [0.2, 0.25) is 0 Å². The SMILES string of the molecule is CCCCCCc1ccccc1-c1ccc(OC(=O)O)c(CCCC)c1CCCC. The second kappa shape index (κ2) is 13.1. The Morgan fingerprint density at radius 3 is 2.07 bits per heavy atom. The van der Waals surface area contributed by atoms with Crippen LogP contribution in [0.1, 0.15) is 88.8 Å². The number of hydrogen-bond acceptors (Lipinski definition) is 2. The highest BCUT2D eigenvalue weighted by atomic mass is 16.7. The van der Waals surface area contributed by atoms with Crippen molar-refractivity contribution in [3.63, 3.8) is 0 Å². The summed E-state index contributed by atoms with van der Waals surface area (Å²) in [5.41, 5.74) is 6.27. The summed E-state index contributed by atoms with van der Waals surface area (Å²) in [5, 5.41) is 9.23. The van der Waals surface area contributed by atoms with Crippen molar-refractivity contribution >= 4 is 6.16 Å². The van der Waals surface area contributed by atoms with Gasteiger partial charge in [-0.05, 0) is 72.4 Å². The molecule has 0 saturated heterocycles. The summed E-state index contributed by atoms with van der Waals surface area (Å²) >= 11 is 0. The van der Waals surface area contributed by atoms with Gasteiger partial charge in [0.2, 0.25) is 0 Å². The lowest BCUT2D eigenvalue weighted by atomic mass is 9.86. The van der Waals surface area contributed by atoms with Gasteiger partial charge < -0.3 is 9.84 Å². The van der Waals surface area contributed by atoms with E-state index in [1.54, 1.807) is 0 Å². The van der Waals surface area contributed by atoms with Crippen molar-refractivity contribution in [3.8, 4) is 16.9 Å². The monoisotopic (exact) mass is 410 g/mol.